The van der Waals surface area contributed by atoms with E-state index < -0.39 is 0 Å². The average Bonchev–Trinajstić information content (AvgIpc) is 3.13. The van der Waals surface area contributed by atoms with Crippen molar-refractivity contribution >= 4 is 34.0 Å². The van der Waals surface area contributed by atoms with Gasteiger partial charge in [0, 0.05) is 4.47 Å². The van der Waals surface area contributed by atoms with Crippen molar-refractivity contribution in [1.82, 2.24) is 5.01 Å². The molecule has 5 rings (SSSR count). The molecular formula is C18H15BrN2O2. The molecule has 2 amide bonds. The summed E-state index contributed by atoms with van der Waals surface area (Å²) >= 11 is 3.40. The number of amides is 2. The van der Waals surface area contributed by atoms with Crippen molar-refractivity contribution in [3.05, 3.63) is 46.5 Å². The summed E-state index contributed by atoms with van der Waals surface area (Å²) in [5, 5.41) is 5.31. The molecule has 1 saturated heterocycles. The van der Waals surface area contributed by atoms with E-state index in [1.54, 1.807) is 6.21 Å². The van der Waals surface area contributed by atoms with Gasteiger partial charge in [-0.15, -0.1) is 0 Å². The topological polar surface area (TPSA) is 49.7 Å². The lowest BCUT2D eigenvalue weighted by Gasteiger charge is -2.18. The molecule has 116 valence electrons. The summed E-state index contributed by atoms with van der Waals surface area (Å²) in [5.41, 5.74) is 1.10. The van der Waals surface area contributed by atoms with Crippen molar-refractivity contribution < 1.29 is 9.59 Å². The van der Waals surface area contributed by atoms with Crippen LogP contribution in [0.4, 0.5) is 0 Å². The summed E-state index contributed by atoms with van der Waals surface area (Å²) in [6, 6.07) is 7.62. The van der Waals surface area contributed by atoms with Crippen LogP contribution in [0.15, 0.2) is 46.0 Å². The Labute approximate surface area is 142 Å². The van der Waals surface area contributed by atoms with Crippen molar-refractivity contribution in [2.24, 2.45) is 34.2 Å². The SMILES string of the molecule is O=C1[C@@H]2[C@@H](C(=O)N1/N=C\c1cccc(Br)c1)[C@@H]1C=C[C@H]2C12CC2. The second-order valence-corrected chi connectivity index (χ2v) is 7.92. The lowest BCUT2D eigenvalue weighted by Crippen LogP contribution is -2.30. The second kappa shape index (κ2) is 4.41. The molecule has 1 heterocycles. The first-order valence-electron chi connectivity index (χ1n) is 7.97. The number of carbonyl (C=O) groups excluding carboxylic acids is 2. The highest BCUT2D eigenvalue weighted by molar-refractivity contribution is 9.10. The summed E-state index contributed by atoms with van der Waals surface area (Å²) in [5.74, 6) is -0.0943. The quantitative estimate of drug-likeness (QED) is 0.456. The Bertz CT molecular complexity index is 762. The first kappa shape index (κ1) is 13.7. The predicted molar refractivity (Wildman–Crippen MR) is 88.4 cm³/mol. The lowest BCUT2D eigenvalue weighted by molar-refractivity contribution is -0.141. The maximum Gasteiger partial charge on any atom is 0.254 e. The number of allylic oxidation sites excluding steroid dienone is 2. The van der Waals surface area contributed by atoms with Crippen LogP contribution in [-0.2, 0) is 9.59 Å². The molecule has 1 aromatic rings. The lowest BCUT2D eigenvalue weighted by atomic mass is 9.85. The fraction of sp³-hybridized carbons (Fsp3) is 0.389. The number of halogens is 1. The zero-order chi connectivity index (χ0) is 15.8. The Morgan fingerprint density at radius 2 is 1.78 bits per heavy atom. The number of hydrazone groups is 1. The van der Waals surface area contributed by atoms with Crippen molar-refractivity contribution in [2.75, 3.05) is 0 Å². The molecule has 0 radical (unpaired) electrons. The molecule has 0 unspecified atom stereocenters. The highest BCUT2D eigenvalue weighted by atomic mass is 79.9. The van der Waals surface area contributed by atoms with Crippen molar-refractivity contribution in [2.45, 2.75) is 12.8 Å². The summed E-state index contributed by atoms with van der Waals surface area (Å²) < 4.78 is 0.940. The number of nitrogens with zero attached hydrogens (tertiary/aromatic N) is 2. The van der Waals surface area contributed by atoms with E-state index in [0.717, 1.165) is 27.9 Å². The highest BCUT2D eigenvalue weighted by Crippen LogP contribution is 2.73. The number of fused-ring (bicyclic) bond motifs is 3. The van der Waals surface area contributed by atoms with Gasteiger partial charge in [0.15, 0.2) is 0 Å². The van der Waals surface area contributed by atoms with Gasteiger partial charge in [-0.25, -0.2) is 0 Å². The van der Waals surface area contributed by atoms with Crippen LogP contribution in [0.3, 0.4) is 0 Å². The van der Waals surface area contributed by atoms with Gasteiger partial charge in [0.1, 0.15) is 0 Å². The Morgan fingerprint density at radius 1 is 1.13 bits per heavy atom. The minimum atomic E-state index is -0.181. The monoisotopic (exact) mass is 370 g/mol. The predicted octanol–water partition coefficient (Wildman–Crippen LogP) is 2.98. The minimum Gasteiger partial charge on any atom is -0.272 e. The smallest absolute Gasteiger partial charge is 0.254 e. The van der Waals surface area contributed by atoms with Crippen LogP contribution < -0.4 is 0 Å². The van der Waals surface area contributed by atoms with Gasteiger partial charge in [-0.2, -0.15) is 10.1 Å². The normalized spacial score (nSPS) is 35.8. The van der Waals surface area contributed by atoms with Gasteiger partial charge in [-0.3, -0.25) is 9.59 Å². The van der Waals surface area contributed by atoms with Crippen LogP contribution in [0, 0.1) is 29.1 Å². The van der Waals surface area contributed by atoms with E-state index >= 15 is 0 Å². The Kier molecular flexibility index (Phi) is 2.62. The van der Waals surface area contributed by atoms with Crippen molar-refractivity contribution in [3.63, 3.8) is 0 Å². The third-order valence-corrected chi connectivity index (χ3v) is 6.49. The molecule has 2 bridgehead atoms. The number of carbonyl (C=O) groups is 2. The van der Waals surface area contributed by atoms with Gasteiger partial charge in [0.05, 0.1) is 18.1 Å². The third kappa shape index (κ3) is 1.69. The molecule has 4 nitrogen and oxygen atoms in total. The van der Waals surface area contributed by atoms with Crippen LogP contribution in [-0.4, -0.2) is 23.0 Å². The van der Waals surface area contributed by atoms with Crippen LogP contribution in [0.5, 0.6) is 0 Å². The summed E-state index contributed by atoms with van der Waals surface area (Å²) in [6.45, 7) is 0. The first-order valence-corrected chi connectivity index (χ1v) is 8.77. The van der Waals surface area contributed by atoms with Gasteiger partial charge < -0.3 is 0 Å². The summed E-state index contributed by atoms with van der Waals surface area (Å²) in [6.07, 6.45) is 8.25. The zero-order valence-corrected chi connectivity index (χ0v) is 13.9. The number of hydrogen-bond acceptors (Lipinski definition) is 3. The molecule has 2 saturated carbocycles. The fourth-order valence-corrected chi connectivity index (χ4v) is 5.30. The summed E-state index contributed by atoms with van der Waals surface area (Å²) in [7, 11) is 0. The molecule has 4 aliphatic rings. The fourth-order valence-electron chi connectivity index (χ4n) is 4.89. The van der Waals surface area contributed by atoms with E-state index in [-0.39, 0.29) is 40.9 Å². The molecule has 0 N–H and O–H groups in total. The zero-order valence-electron chi connectivity index (χ0n) is 12.4. The van der Waals surface area contributed by atoms with E-state index in [1.165, 1.54) is 0 Å². The van der Waals surface area contributed by atoms with Gasteiger partial charge in [-0.05, 0) is 47.8 Å². The molecule has 3 fully saturated rings. The molecule has 1 aliphatic heterocycles. The Hall–Kier alpha value is -1.75. The number of imide groups is 1. The highest BCUT2D eigenvalue weighted by Gasteiger charge is 2.73. The third-order valence-electron chi connectivity index (χ3n) is 6.00. The van der Waals surface area contributed by atoms with Gasteiger partial charge in [-0.1, -0.05) is 40.2 Å². The van der Waals surface area contributed by atoms with Crippen LogP contribution in [0.25, 0.3) is 0 Å². The molecule has 1 aromatic carbocycles. The number of benzene rings is 1. The van der Waals surface area contributed by atoms with Gasteiger partial charge in [0.2, 0.25) is 0 Å². The van der Waals surface area contributed by atoms with E-state index in [0.29, 0.717) is 0 Å². The standard InChI is InChI=1S/C18H15BrN2O2/c19-11-3-1-2-10(8-11)9-20-21-16(22)14-12-4-5-13(15(14)17(21)23)18(12)6-7-18/h1-5,8-9,12-15H,6-7H2/b20-9-/t12-,13+,14-,15-/m0/s1. The average molecular weight is 371 g/mol. The van der Waals surface area contributed by atoms with E-state index in [9.17, 15) is 9.59 Å². The second-order valence-electron chi connectivity index (χ2n) is 7.01. The molecule has 23 heavy (non-hydrogen) atoms. The van der Waals surface area contributed by atoms with Crippen LogP contribution in [0.1, 0.15) is 18.4 Å². The first-order chi connectivity index (χ1) is 11.1. The molecule has 4 atom stereocenters. The molecule has 5 heteroatoms. The Balaban J connectivity index is 1.44. The number of rotatable bonds is 2. The number of hydrogen-bond donors (Lipinski definition) is 0. The Morgan fingerprint density at radius 3 is 2.35 bits per heavy atom. The molecular weight excluding hydrogens is 356 g/mol. The van der Waals surface area contributed by atoms with Crippen molar-refractivity contribution in [1.29, 1.82) is 0 Å². The van der Waals surface area contributed by atoms with Crippen LogP contribution in [0.2, 0.25) is 0 Å². The van der Waals surface area contributed by atoms with Crippen LogP contribution >= 0.6 is 15.9 Å². The molecule has 0 aromatic heterocycles. The van der Waals surface area contributed by atoms with Gasteiger partial charge >= 0.3 is 0 Å². The minimum absolute atomic E-state index is 0.116. The maximum absolute atomic E-state index is 12.7. The van der Waals surface area contributed by atoms with E-state index in [4.69, 9.17) is 0 Å². The molecule has 3 aliphatic carbocycles. The maximum atomic E-state index is 12.7. The molecule has 1 spiro atoms. The largest absolute Gasteiger partial charge is 0.272 e. The van der Waals surface area contributed by atoms with Crippen molar-refractivity contribution in [3.8, 4) is 0 Å². The van der Waals surface area contributed by atoms with E-state index in [2.05, 4.69) is 33.2 Å². The summed E-state index contributed by atoms with van der Waals surface area (Å²) in [4.78, 5) is 25.5. The van der Waals surface area contributed by atoms with Gasteiger partial charge in [0.25, 0.3) is 11.8 Å². The van der Waals surface area contributed by atoms with E-state index in [1.807, 2.05) is 24.3 Å².